The van der Waals surface area contributed by atoms with Gasteiger partial charge in [0.25, 0.3) is 0 Å². The van der Waals surface area contributed by atoms with E-state index >= 15 is 0 Å². The Kier molecular flexibility index (Phi) is 3.91. The minimum absolute atomic E-state index is 0.579. The third kappa shape index (κ3) is 2.37. The van der Waals surface area contributed by atoms with E-state index in [1.807, 2.05) is 0 Å². The van der Waals surface area contributed by atoms with Crippen molar-refractivity contribution in [1.29, 1.82) is 0 Å². The van der Waals surface area contributed by atoms with Crippen molar-refractivity contribution in [3.8, 4) is 0 Å². The highest BCUT2D eigenvalue weighted by atomic mass is 15.2. The van der Waals surface area contributed by atoms with Gasteiger partial charge in [-0.2, -0.15) is 0 Å². The molecule has 100 valence electrons. The van der Waals surface area contributed by atoms with Gasteiger partial charge in [-0.15, -0.1) is 0 Å². The monoisotopic (exact) mass is 247 g/mol. The first-order valence-corrected chi connectivity index (χ1v) is 6.98. The molecule has 0 spiro atoms. The van der Waals surface area contributed by atoms with E-state index in [1.165, 1.54) is 24.0 Å². The Bertz CT molecular complexity index is 426. The SMILES string of the molecule is Cc1cc(C)c(CN)c(N2CCCC2C(C)C)n1. The van der Waals surface area contributed by atoms with Crippen LogP contribution in [0.2, 0.25) is 0 Å². The highest BCUT2D eigenvalue weighted by Crippen LogP contribution is 2.32. The third-order valence-electron chi connectivity index (χ3n) is 4.00. The Morgan fingerprint density at radius 3 is 2.78 bits per heavy atom. The fourth-order valence-electron chi connectivity index (χ4n) is 3.08. The molecule has 1 unspecified atom stereocenters. The van der Waals surface area contributed by atoms with Gasteiger partial charge < -0.3 is 10.6 Å². The van der Waals surface area contributed by atoms with E-state index in [1.54, 1.807) is 0 Å². The smallest absolute Gasteiger partial charge is 0.133 e. The van der Waals surface area contributed by atoms with Crippen molar-refractivity contribution in [2.45, 2.75) is 53.1 Å². The van der Waals surface area contributed by atoms with Crippen molar-refractivity contribution in [3.63, 3.8) is 0 Å². The molecule has 0 bridgehead atoms. The van der Waals surface area contributed by atoms with Gasteiger partial charge in [-0.25, -0.2) is 4.98 Å². The summed E-state index contributed by atoms with van der Waals surface area (Å²) >= 11 is 0. The molecule has 1 aromatic heterocycles. The van der Waals surface area contributed by atoms with E-state index in [2.05, 4.69) is 38.7 Å². The molecule has 2 heterocycles. The number of aryl methyl sites for hydroxylation is 2. The Hall–Kier alpha value is -1.09. The average molecular weight is 247 g/mol. The molecular formula is C15H25N3. The molecule has 1 saturated heterocycles. The minimum Gasteiger partial charge on any atom is -0.353 e. The van der Waals surface area contributed by atoms with Crippen LogP contribution >= 0.6 is 0 Å². The third-order valence-corrected chi connectivity index (χ3v) is 4.00. The maximum Gasteiger partial charge on any atom is 0.133 e. The summed E-state index contributed by atoms with van der Waals surface area (Å²) in [4.78, 5) is 7.24. The van der Waals surface area contributed by atoms with Crippen LogP contribution in [0.3, 0.4) is 0 Å². The maximum atomic E-state index is 5.92. The first kappa shape index (κ1) is 13.3. The average Bonchev–Trinajstić information content (AvgIpc) is 2.76. The minimum atomic E-state index is 0.579. The van der Waals surface area contributed by atoms with E-state index in [4.69, 9.17) is 10.7 Å². The second kappa shape index (κ2) is 5.27. The van der Waals surface area contributed by atoms with E-state index in [-0.39, 0.29) is 0 Å². The molecule has 2 rings (SSSR count). The second-order valence-corrected chi connectivity index (χ2v) is 5.73. The lowest BCUT2D eigenvalue weighted by Gasteiger charge is -2.31. The number of pyridine rings is 1. The van der Waals surface area contributed by atoms with E-state index < -0.39 is 0 Å². The summed E-state index contributed by atoms with van der Waals surface area (Å²) in [5, 5.41) is 0. The topological polar surface area (TPSA) is 42.1 Å². The summed E-state index contributed by atoms with van der Waals surface area (Å²) < 4.78 is 0. The van der Waals surface area contributed by atoms with Gasteiger partial charge in [0, 0.05) is 30.4 Å². The quantitative estimate of drug-likeness (QED) is 0.893. The molecule has 1 fully saturated rings. The van der Waals surface area contributed by atoms with Crippen LogP contribution in [0.5, 0.6) is 0 Å². The first-order chi connectivity index (χ1) is 8.54. The zero-order valence-electron chi connectivity index (χ0n) is 12.0. The van der Waals surface area contributed by atoms with Crippen LogP contribution in [0.1, 0.15) is 43.5 Å². The predicted molar refractivity (Wildman–Crippen MR) is 76.8 cm³/mol. The normalized spacial score (nSPS) is 19.9. The van der Waals surface area contributed by atoms with Gasteiger partial charge in [0.2, 0.25) is 0 Å². The number of nitrogens with zero attached hydrogens (tertiary/aromatic N) is 2. The van der Waals surface area contributed by atoms with Gasteiger partial charge in [-0.3, -0.25) is 0 Å². The first-order valence-electron chi connectivity index (χ1n) is 6.98. The van der Waals surface area contributed by atoms with Gasteiger partial charge in [0.05, 0.1) is 0 Å². The van der Waals surface area contributed by atoms with E-state index in [0.29, 0.717) is 18.5 Å². The second-order valence-electron chi connectivity index (χ2n) is 5.73. The largest absolute Gasteiger partial charge is 0.353 e. The van der Waals surface area contributed by atoms with Crippen molar-refractivity contribution < 1.29 is 0 Å². The van der Waals surface area contributed by atoms with Crippen molar-refractivity contribution >= 4 is 5.82 Å². The van der Waals surface area contributed by atoms with Crippen LogP contribution < -0.4 is 10.6 Å². The van der Waals surface area contributed by atoms with Crippen LogP contribution in [-0.2, 0) is 6.54 Å². The molecule has 0 aliphatic carbocycles. The molecule has 3 heteroatoms. The Morgan fingerprint density at radius 1 is 1.44 bits per heavy atom. The van der Waals surface area contributed by atoms with Crippen molar-refractivity contribution in [1.82, 2.24) is 4.98 Å². The lowest BCUT2D eigenvalue weighted by atomic mass is 10.0. The lowest BCUT2D eigenvalue weighted by molar-refractivity contribution is 0.488. The zero-order chi connectivity index (χ0) is 13.3. The van der Waals surface area contributed by atoms with Gasteiger partial charge in [-0.1, -0.05) is 13.8 Å². The van der Waals surface area contributed by atoms with Gasteiger partial charge in [0.1, 0.15) is 5.82 Å². The van der Waals surface area contributed by atoms with Gasteiger partial charge in [0.15, 0.2) is 0 Å². The van der Waals surface area contributed by atoms with Gasteiger partial charge >= 0.3 is 0 Å². The van der Waals surface area contributed by atoms with Crippen LogP contribution in [0, 0.1) is 19.8 Å². The van der Waals surface area contributed by atoms with Crippen LogP contribution in [0.15, 0.2) is 6.07 Å². The van der Waals surface area contributed by atoms with Crippen LogP contribution in [0.25, 0.3) is 0 Å². The number of anilines is 1. The highest BCUT2D eigenvalue weighted by Gasteiger charge is 2.29. The van der Waals surface area contributed by atoms with Gasteiger partial charge in [-0.05, 0) is 44.2 Å². The highest BCUT2D eigenvalue weighted by molar-refractivity contribution is 5.53. The summed E-state index contributed by atoms with van der Waals surface area (Å²) in [6, 6.07) is 2.75. The number of nitrogens with two attached hydrogens (primary N) is 1. The van der Waals surface area contributed by atoms with Crippen LogP contribution in [0.4, 0.5) is 5.82 Å². The molecular weight excluding hydrogens is 222 g/mol. The number of hydrogen-bond donors (Lipinski definition) is 1. The summed E-state index contributed by atoms with van der Waals surface area (Å²) in [6.07, 6.45) is 2.54. The Labute approximate surface area is 110 Å². The standard InChI is InChI=1S/C15H25N3/c1-10(2)14-6-5-7-18(14)15-13(9-16)11(3)8-12(4)17-15/h8,10,14H,5-7,9,16H2,1-4H3. The van der Waals surface area contributed by atoms with Crippen LogP contribution in [-0.4, -0.2) is 17.6 Å². The molecule has 0 radical (unpaired) electrons. The molecule has 0 saturated carbocycles. The molecule has 1 aliphatic rings. The summed E-state index contributed by atoms with van der Waals surface area (Å²) in [5.74, 6) is 1.80. The molecule has 18 heavy (non-hydrogen) atoms. The Morgan fingerprint density at radius 2 is 2.17 bits per heavy atom. The number of rotatable bonds is 3. The fraction of sp³-hybridized carbons (Fsp3) is 0.667. The zero-order valence-corrected chi connectivity index (χ0v) is 12.0. The molecule has 1 atom stereocenters. The molecule has 1 aromatic rings. The van der Waals surface area contributed by atoms with E-state index in [0.717, 1.165) is 18.1 Å². The predicted octanol–water partition coefficient (Wildman–Crippen LogP) is 2.78. The molecule has 2 N–H and O–H groups in total. The molecule has 0 aromatic carbocycles. The van der Waals surface area contributed by atoms with Crippen molar-refractivity contribution in [2.24, 2.45) is 11.7 Å². The van der Waals surface area contributed by atoms with Crippen molar-refractivity contribution in [3.05, 3.63) is 22.9 Å². The fourth-order valence-corrected chi connectivity index (χ4v) is 3.08. The molecule has 3 nitrogen and oxygen atoms in total. The maximum absolute atomic E-state index is 5.92. The number of hydrogen-bond acceptors (Lipinski definition) is 3. The number of aromatic nitrogens is 1. The summed E-state index contributed by atoms with van der Waals surface area (Å²) in [7, 11) is 0. The van der Waals surface area contributed by atoms with Crippen molar-refractivity contribution in [2.75, 3.05) is 11.4 Å². The molecule has 0 amide bonds. The Balaban J connectivity index is 2.43. The molecule has 1 aliphatic heterocycles. The van der Waals surface area contributed by atoms with E-state index in [9.17, 15) is 0 Å². The summed E-state index contributed by atoms with van der Waals surface area (Å²) in [6.45, 7) is 10.5. The summed E-state index contributed by atoms with van der Waals surface area (Å²) in [5.41, 5.74) is 9.50. The lowest BCUT2D eigenvalue weighted by Crippen LogP contribution is -2.35.